The molecule has 0 atom stereocenters. The Morgan fingerprint density at radius 1 is 0.969 bits per heavy atom. The number of aromatic nitrogens is 4. The first kappa shape index (κ1) is 23.9. The molecule has 3 aromatic rings. The van der Waals surface area contributed by atoms with Crippen LogP contribution in [0.2, 0.25) is 0 Å². The van der Waals surface area contributed by atoms with E-state index in [2.05, 4.69) is 20.0 Å². The highest BCUT2D eigenvalue weighted by Crippen LogP contribution is 2.33. The molecule has 4 rings (SSSR count). The van der Waals surface area contributed by atoms with Crippen LogP contribution < -0.4 is 4.90 Å². The molecule has 0 N–H and O–H groups in total. The quantitative estimate of drug-likeness (QED) is 0.538. The second kappa shape index (κ2) is 9.41. The van der Waals surface area contributed by atoms with Gasteiger partial charge < -0.3 is 4.90 Å². The van der Waals surface area contributed by atoms with Gasteiger partial charge in [-0.1, -0.05) is 0 Å². The van der Waals surface area contributed by atoms with Crippen LogP contribution in [0.15, 0.2) is 36.7 Å². The molecule has 172 valence electrons. The van der Waals surface area contributed by atoms with Crippen LogP contribution in [0.3, 0.4) is 0 Å². The van der Waals surface area contributed by atoms with Gasteiger partial charge in [0.1, 0.15) is 11.5 Å². The van der Waals surface area contributed by atoms with E-state index in [0.717, 1.165) is 5.56 Å². The Morgan fingerprint density at radius 2 is 1.59 bits per heavy atom. The van der Waals surface area contributed by atoms with E-state index in [0.29, 0.717) is 43.4 Å². The molecule has 0 radical (unpaired) electrons. The summed E-state index contributed by atoms with van der Waals surface area (Å²) in [6, 6.07) is 6.06. The van der Waals surface area contributed by atoms with Crippen molar-refractivity contribution >= 4 is 18.2 Å². The molecule has 0 amide bonds. The van der Waals surface area contributed by atoms with Crippen LogP contribution in [-0.2, 0) is 19.8 Å². The lowest BCUT2D eigenvalue weighted by molar-refractivity contribution is -0.142. The smallest absolute Gasteiger partial charge is 0.352 e. The first-order valence-corrected chi connectivity index (χ1v) is 9.88. The molecule has 0 spiro atoms. The largest absolute Gasteiger partial charge is 0.435 e. The van der Waals surface area contributed by atoms with E-state index < -0.39 is 11.9 Å². The van der Waals surface area contributed by atoms with E-state index in [1.807, 2.05) is 4.90 Å². The van der Waals surface area contributed by atoms with Crippen LogP contribution in [0.4, 0.5) is 23.4 Å². The SMILES string of the molecule is Cc1c(CN2CCN(c3nccnc3-c3ccc(F)cc3)CC2)c(C(F)(F)F)nn1C.Cl. The van der Waals surface area contributed by atoms with Gasteiger partial charge >= 0.3 is 6.18 Å². The average molecular weight is 471 g/mol. The Hall–Kier alpha value is -2.72. The Balaban J connectivity index is 0.00000289. The third kappa shape index (κ3) is 4.86. The average Bonchev–Trinajstić information content (AvgIpc) is 3.04. The van der Waals surface area contributed by atoms with Crippen molar-refractivity contribution in [2.24, 2.45) is 7.05 Å². The van der Waals surface area contributed by atoms with E-state index in [-0.39, 0.29) is 30.3 Å². The van der Waals surface area contributed by atoms with E-state index >= 15 is 0 Å². The van der Waals surface area contributed by atoms with Gasteiger partial charge in [-0.25, -0.2) is 9.37 Å². The number of hydrogen-bond acceptors (Lipinski definition) is 5. The third-order valence-electron chi connectivity index (χ3n) is 5.58. The number of aryl methyl sites for hydroxylation is 1. The highest BCUT2D eigenvalue weighted by molar-refractivity contribution is 5.85. The molecule has 1 aromatic carbocycles. The first-order valence-electron chi connectivity index (χ1n) is 9.88. The summed E-state index contributed by atoms with van der Waals surface area (Å²) in [4.78, 5) is 12.9. The zero-order chi connectivity index (χ0) is 22.2. The van der Waals surface area contributed by atoms with Crippen molar-refractivity contribution in [1.29, 1.82) is 0 Å². The van der Waals surface area contributed by atoms with Gasteiger partial charge in [-0.3, -0.25) is 14.6 Å². The van der Waals surface area contributed by atoms with Gasteiger partial charge in [-0.05, 0) is 31.2 Å². The van der Waals surface area contributed by atoms with Crippen LogP contribution in [0.25, 0.3) is 11.3 Å². The Bertz CT molecular complexity index is 1060. The second-order valence-corrected chi connectivity index (χ2v) is 7.53. The highest BCUT2D eigenvalue weighted by Gasteiger charge is 2.38. The number of benzene rings is 1. The van der Waals surface area contributed by atoms with E-state index in [1.54, 1.807) is 31.5 Å². The summed E-state index contributed by atoms with van der Waals surface area (Å²) in [5.41, 5.74) is 1.32. The Morgan fingerprint density at radius 3 is 2.22 bits per heavy atom. The highest BCUT2D eigenvalue weighted by atomic mass is 35.5. The van der Waals surface area contributed by atoms with Crippen molar-refractivity contribution < 1.29 is 17.6 Å². The molecule has 32 heavy (non-hydrogen) atoms. The summed E-state index contributed by atoms with van der Waals surface area (Å²) in [6.07, 6.45) is -1.29. The topological polar surface area (TPSA) is 50.1 Å². The summed E-state index contributed by atoms with van der Waals surface area (Å²) in [6.45, 7) is 4.17. The minimum absolute atomic E-state index is 0. The van der Waals surface area contributed by atoms with Crippen LogP contribution >= 0.6 is 12.4 Å². The van der Waals surface area contributed by atoms with Crippen molar-refractivity contribution in [3.8, 4) is 11.3 Å². The van der Waals surface area contributed by atoms with Crippen LogP contribution in [0, 0.1) is 12.7 Å². The van der Waals surface area contributed by atoms with Crippen LogP contribution in [-0.4, -0.2) is 50.8 Å². The van der Waals surface area contributed by atoms with Crippen molar-refractivity contribution in [2.45, 2.75) is 19.6 Å². The molecule has 11 heteroatoms. The number of hydrogen-bond donors (Lipinski definition) is 0. The maximum Gasteiger partial charge on any atom is 0.435 e. The maximum absolute atomic E-state index is 13.4. The molecule has 2 aromatic heterocycles. The molecule has 0 bridgehead atoms. The van der Waals surface area contributed by atoms with E-state index in [9.17, 15) is 17.6 Å². The predicted molar refractivity (Wildman–Crippen MR) is 115 cm³/mol. The second-order valence-electron chi connectivity index (χ2n) is 7.53. The molecule has 3 heterocycles. The summed E-state index contributed by atoms with van der Waals surface area (Å²) < 4.78 is 54.7. The van der Waals surface area contributed by atoms with Gasteiger partial charge in [0.25, 0.3) is 0 Å². The summed E-state index contributed by atoms with van der Waals surface area (Å²) in [5, 5.41) is 3.67. The van der Waals surface area contributed by atoms with Gasteiger partial charge in [0.05, 0.1) is 0 Å². The molecule has 0 aliphatic carbocycles. The number of anilines is 1. The lowest BCUT2D eigenvalue weighted by Crippen LogP contribution is -2.46. The zero-order valence-electron chi connectivity index (χ0n) is 17.6. The molecular weight excluding hydrogens is 448 g/mol. The number of alkyl halides is 3. The summed E-state index contributed by atoms with van der Waals surface area (Å²) in [7, 11) is 1.52. The van der Waals surface area contributed by atoms with E-state index in [1.165, 1.54) is 23.9 Å². The predicted octanol–water partition coefficient (Wildman–Crippen LogP) is 4.09. The Kier molecular flexibility index (Phi) is 7.04. The first-order chi connectivity index (χ1) is 14.7. The molecule has 1 saturated heterocycles. The van der Waals surface area contributed by atoms with Crippen molar-refractivity contribution in [3.05, 3.63) is 59.4 Å². The van der Waals surface area contributed by atoms with E-state index in [4.69, 9.17) is 0 Å². The van der Waals surface area contributed by atoms with Gasteiger partial charge in [-0.2, -0.15) is 18.3 Å². The molecular formula is C21H23ClF4N6. The molecule has 0 unspecified atom stereocenters. The normalized spacial score (nSPS) is 15.0. The minimum Gasteiger partial charge on any atom is -0.352 e. The molecule has 0 saturated carbocycles. The van der Waals surface area contributed by atoms with Gasteiger partial charge in [0.15, 0.2) is 11.5 Å². The summed E-state index contributed by atoms with van der Waals surface area (Å²) >= 11 is 0. The van der Waals surface area contributed by atoms with Crippen LogP contribution in [0.5, 0.6) is 0 Å². The number of piperazine rings is 1. The minimum atomic E-state index is -4.48. The standard InChI is InChI=1S/C21H22F4N6.ClH/c1-14-17(19(21(23,24)25)28-29(14)2)13-30-9-11-31(12-10-30)20-18(26-7-8-27-20)15-3-5-16(22)6-4-15;/h3-8H,9-13H2,1-2H3;1H. The lowest BCUT2D eigenvalue weighted by atomic mass is 10.1. The fourth-order valence-electron chi connectivity index (χ4n) is 3.78. The van der Waals surface area contributed by atoms with Crippen LogP contribution in [0.1, 0.15) is 17.0 Å². The number of rotatable bonds is 4. The van der Waals surface area contributed by atoms with Crippen molar-refractivity contribution in [3.63, 3.8) is 0 Å². The Labute approximate surface area is 189 Å². The maximum atomic E-state index is 13.4. The molecule has 1 fully saturated rings. The molecule has 1 aliphatic rings. The number of nitrogens with zero attached hydrogens (tertiary/aromatic N) is 6. The summed E-state index contributed by atoms with van der Waals surface area (Å²) in [5.74, 6) is 0.356. The third-order valence-corrected chi connectivity index (χ3v) is 5.58. The van der Waals surface area contributed by atoms with Crippen molar-refractivity contribution in [1.82, 2.24) is 24.6 Å². The fraction of sp³-hybridized carbons (Fsp3) is 0.381. The van der Waals surface area contributed by atoms with Gasteiger partial charge in [0.2, 0.25) is 0 Å². The zero-order valence-corrected chi connectivity index (χ0v) is 18.4. The van der Waals surface area contributed by atoms with Crippen molar-refractivity contribution in [2.75, 3.05) is 31.1 Å². The monoisotopic (exact) mass is 470 g/mol. The molecule has 6 nitrogen and oxygen atoms in total. The van der Waals surface area contributed by atoms with Gasteiger partial charge in [0, 0.05) is 69.0 Å². The lowest BCUT2D eigenvalue weighted by Gasteiger charge is -2.36. The molecule has 1 aliphatic heterocycles. The fourth-order valence-corrected chi connectivity index (χ4v) is 3.78. The number of halogens is 5. The van der Waals surface area contributed by atoms with Gasteiger partial charge in [-0.15, -0.1) is 12.4 Å².